The minimum atomic E-state index is -0.000323. The molecule has 5 heteroatoms. The van der Waals surface area contributed by atoms with Crippen molar-refractivity contribution in [3.8, 4) is 0 Å². The molecule has 2 N–H and O–H groups in total. The highest BCUT2D eigenvalue weighted by Gasteiger charge is 2.28. The number of aryl methyl sites for hydroxylation is 1. The lowest BCUT2D eigenvalue weighted by Crippen LogP contribution is -3.13. The second-order valence-corrected chi connectivity index (χ2v) is 8.04. The average molecular weight is 391 g/mol. The summed E-state index contributed by atoms with van der Waals surface area (Å²) >= 11 is 0. The Morgan fingerprint density at radius 2 is 1.72 bits per heavy atom. The third-order valence-corrected chi connectivity index (χ3v) is 6.08. The van der Waals surface area contributed by atoms with E-state index in [1.807, 2.05) is 18.7 Å². The second kappa shape index (κ2) is 7.84. The Hall–Kier alpha value is -2.92. The van der Waals surface area contributed by atoms with E-state index in [1.165, 1.54) is 21.2 Å². The molecular weight excluding hydrogens is 362 g/mol. The summed E-state index contributed by atoms with van der Waals surface area (Å²) < 4.78 is 0. The number of H-pyrrole nitrogens is 1. The van der Waals surface area contributed by atoms with Crippen molar-refractivity contribution in [3.63, 3.8) is 0 Å². The van der Waals surface area contributed by atoms with Crippen molar-refractivity contribution in [2.75, 3.05) is 26.2 Å². The fourth-order valence-corrected chi connectivity index (χ4v) is 4.57. The number of nitrogens with one attached hydrogen (secondary N) is 2. The number of Topliss-reactive ketones (excluding diaryl/α,β-unsaturated/α-hetero) is 1. The van der Waals surface area contributed by atoms with Crippen LogP contribution in [0.15, 0.2) is 42.5 Å². The predicted molar refractivity (Wildman–Crippen MR) is 115 cm³/mol. The van der Waals surface area contributed by atoms with Crippen molar-refractivity contribution in [2.45, 2.75) is 27.3 Å². The van der Waals surface area contributed by atoms with E-state index >= 15 is 0 Å². The highest BCUT2D eigenvalue weighted by Crippen LogP contribution is 2.20. The van der Waals surface area contributed by atoms with E-state index in [-0.39, 0.29) is 11.7 Å². The van der Waals surface area contributed by atoms with Crippen molar-refractivity contribution in [1.82, 2.24) is 9.88 Å². The maximum atomic E-state index is 13.0. The third kappa shape index (κ3) is 3.70. The van der Waals surface area contributed by atoms with Crippen LogP contribution in [-0.2, 0) is 6.54 Å². The molecule has 1 aliphatic rings. The number of hydrogen-bond donors (Lipinski definition) is 2. The predicted octanol–water partition coefficient (Wildman–Crippen LogP) is 2.53. The SMILES string of the molecule is CC(=O)c1c(C)[nH]c(C(=O)N2CC[NH+](Cc3cccc4ccccc34)CC2)c1C. The normalized spacial score (nSPS) is 15.1. The van der Waals surface area contributed by atoms with E-state index in [0.717, 1.165) is 44.0 Å². The van der Waals surface area contributed by atoms with Gasteiger partial charge in [-0.3, -0.25) is 9.59 Å². The van der Waals surface area contributed by atoms with Crippen LogP contribution < -0.4 is 4.90 Å². The molecule has 4 rings (SSSR count). The number of aromatic amines is 1. The molecule has 3 aromatic rings. The van der Waals surface area contributed by atoms with E-state index in [4.69, 9.17) is 0 Å². The van der Waals surface area contributed by atoms with Crippen LogP contribution in [0.4, 0.5) is 0 Å². The first-order valence-corrected chi connectivity index (χ1v) is 10.2. The van der Waals surface area contributed by atoms with Crippen molar-refractivity contribution in [3.05, 3.63) is 70.5 Å². The molecule has 1 amide bonds. The number of nitrogens with zero attached hydrogens (tertiary/aromatic N) is 1. The average Bonchev–Trinajstić information content (AvgIpc) is 3.02. The molecule has 1 aliphatic heterocycles. The highest BCUT2D eigenvalue weighted by molar-refractivity contribution is 6.02. The first-order valence-electron chi connectivity index (χ1n) is 10.2. The zero-order chi connectivity index (χ0) is 20.5. The Morgan fingerprint density at radius 3 is 2.41 bits per heavy atom. The molecule has 150 valence electrons. The molecule has 0 saturated carbocycles. The molecule has 0 aliphatic carbocycles. The number of carbonyl (C=O) groups is 2. The standard InChI is InChI=1S/C24H27N3O2/c1-16-22(18(3)28)17(2)25-23(16)24(29)27-13-11-26(12-14-27)15-20-9-6-8-19-7-4-5-10-21(19)20/h4-10,25H,11-15H2,1-3H3/p+1. The van der Waals surface area contributed by atoms with Gasteiger partial charge < -0.3 is 14.8 Å². The quantitative estimate of drug-likeness (QED) is 0.673. The van der Waals surface area contributed by atoms with E-state index in [2.05, 4.69) is 47.4 Å². The Bertz CT molecular complexity index is 1070. The minimum Gasteiger partial charge on any atom is -0.354 e. The first-order chi connectivity index (χ1) is 14.0. The lowest BCUT2D eigenvalue weighted by atomic mass is 10.0. The summed E-state index contributed by atoms with van der Waals surface area (Å²) in [5, 5.41) is 2.59. The molecule has 1 saturated heterocycles. The van der Waals surface area contributed by atoms with E-state index < -0.39 is 0 Å². The molecular formula is C24H28N3O2+. The topological polar surface area (TPSA) is 57.6 Å². The van der Waals surface area contributed by atoms with Crippen molar-refractivity contribution in [2.24, 2.45) is 0 Å². The zero-order valence-electron chi connectivity index (χ0n) is 17.3. The maximum Gasteiger partial charge on any atom is 0.270 e. The number of fused-ring (bicyclic) bond motifs is 1. The molecule has 2 aromatic carbocycles. The summed E-state index contributed by atoms with van der Waals surface area (Å²) in [6, 6.07) is 15.0. The number of benzene rings is 2. The van der Waals surface area contributed by atoms with Crippen LogP contribution in [0.3, 0.4) is 0 Å². The number of quaternary nitrogens is 1. The fourth-order valence-electron chi connectivity index (χ4n) is 4.57. The van der Waals surface area contributed by atoms with Crippen molar-refractivity contribution < 1.29 is 14.5 Å². The van der Waals surface area contributed by atoms with Crippen LogP contribution in [0.25, 0.3) is 10.8 Å². The van der Waals surface area contributed by atoms with Gasteiger partial charge in [0, 0.05) is 16.8 Å². The number of piperazine rings is 1. The van der Waals surface area contributed by atoms with Crippen LogP contribution in [0.2, 0.25) is 0 Å². The Labute approximate surface area is 171 Å². The number of carbonyl (C=O) groups excluding carboxylic acids is 2. The monoisotopic (exact) mass is 390 g/mol. The smallest absolute Gasteiger partial charge is 0.270 e. The van der Waals surface area contributed by atoms with Gasteiger partial charge in [0.2, 0.25) is 0 Å². The van der Waals surface area contributed by atoms with Gasteiger partial charge in [0.15, 0.2) is 5.78 Å². The summed E-state index contributed by atoms with van der Waals surface area (Å²) in [7, 11) is 0. The summed E-state index contributed by atoms with van der Waals surface area (Å²) in [5.74, 6) is 0.00182. The lowest BCUT2D eigenvalue weighted by molar-refractivity contribution is -0.917. The molecule has 0 bridgehead atoms. The fraction of sp³-hybridized carbons (Fsp3) is 0.333. The Morgan fingerprint density at radius 1 is 1.03 bits per heavy atom. The molecule has 29 heavy (non-hydrogen) atoms. The molecule has 0 atom stereocenters. The van der Waals surface area contributed by atoms with E-state index in [1.54, 1.807) is 6.92 Å². The second-order valence-electron chi connectivity index (χ2n) is 8.04. The minimum absolute atomic E-state index is 0.000323. The lowest BCUT2D eigenvalue weighted by Gasteiger charge is -2.32. The number of amides is 1. The molecule has 0 spiro atoms. The van der Waals surface area contributed by atoms with Crippen LogP contribution in [-0.4, -0.2) is 47.8 Å². The molecule has 1 fully saturated rings. The number of aromatic nitrogens is 1. The Kier molecular flexibility index (Phi) is 5.24. The summed E-state index contributed by atoms with van der Waals surface area (Å²) in [6.45, 7) is 9.53. The first kappa shape index (κ1) is 19.4. The summed E-state index contributed by atoms with van der Waals surface area (Å²) in [6.07, 6.45) is 0. The van der Waals surface area contributed by atoms with Crippen molar-refractivity contribution in [1.29, 1.82) is 0 Å². The van der Waals surface area contributed by atoms with Gasteiger partial charge in [-0.15, -0.1) is 0 Å². The molecule has 2 heterocycles. The third-order valence-electron chi connectivity index (χ3n) is 6.08. The van der Waals surface area contributed by atoms with Gasteiger partial charge >= 0.3 is 0 Å². The van der Waals surface area contributed by atoms with E-state index in [0.29, 0.717) is 11.3 Å². The Balaban J connectivity index is 1.44. The van der Waals surface area contributed by atoms with Gasteiger partial charge in [-0.1, -0.05) is 42.5 Å². The van der Waals surface area contributed by atoms with Gasteiger partial charge in [0.25, 0.3) is 5.91 Å². The van der Waals surface area contributed by atoms with Crippen molar-refractivity contribution >= 4 is 22.5 Å². The summed E-state index contributed by atoms with van der Waals surface area (Å²) in [4.78, 5) is 31.4. The summed E-state index contributed by atoms with van der Waals surface area (Å²) in [5.41, 5.74) is 4.11. The van der Waals surface area contributed by atoms with Crippen LogP contribution in [0.1, 0.15) is 44.6 Å². The maximum absolute atomic E-state index is 13.0. The molecule has 0 radical (unpaired) electrons. The van der Waals surface area contributed by atoms with Crippen LogP contribution in [0, 0.1) is 13.8 Å². The van der Waals surface area contributed by atoms with Crippen LogP contribution in [0.5, 0.6) is 0 Å². The zero-order valence-corrected chi connectivity index (χ0v) is 17.3. The molecule has 0 unspecified atom stereocenters. The number of ketones is 1. The highest BCUT2D eigenvalue weighted by atomic mass is 16.2. The van der Waals surface area contributed by atoms with Gasteiger partial charge in [-0.25, -0.2) is 0 Å². The molecule has 5 nitrogen and oxygen atoms in total. The van der Waals surface area contributed by atoms with E-state index in [9.17, 15) is 9.59 Å². The largest absolute Gasteiger partial charge is 0.354 e. The number of hydrogen-bond acceptors (Lipinski definition) is 2. The molecule has 1 aromatic heterocycles. The van der Waals surface area contributed by atoms with Crippen LogP contribution >= 0.6 is 0 Å². The van der Waals surface area contributed by atoms with Gasteiger partial charge in [-0.2, -0.15) is 0 Å². The van der Waals surface area contributed by atoms with Gasteiger partial charge in [0.05, 0.1) is 26.2 Å². The van der Waals surface area contributed by atoms with Gasteiger partial charge in [0.1, 0.15) is 12.2 Å². The number of rotatable bonds is 4. The van der Waals surface area contributed by atoms with Gasteiger partial charge in [-0.05, 0) is 37.1 Å².